The monoisotopic (exact) mass is 552 g/mol. The molecule has 0 unspecified atom stereocenters. The molecule has 0 spiro atoms. The first kappa shape index (κ1) is 25.9. The van der Waals surface area contributed by atoms with Crippen molar-refractivity contribution in [3.63, 3.8) is 0 Å². The minimum absolute atomic E-state index is 0.0153. The Kier molecular flexibility index (Phi) is 6.74. The van der Waals surface area contributed by atoms with E-state index in [1.54, 1.807) is 0 Å². The highest BCUT2D eigenvalue weighted by Gasteiger charge is 2.36. The fourth-order valence-corrected chi connectivity index (χ4v) is 4.47. The van der Waals surface area contributed by atoms with Gasteiger partial charge in [0.15, 0.2) is 0 Å². The van der Waals surface area contributed by atoms with Crippen LogP contribution in [0.3, 0.4) is 0 Å². The van der Waals surface area contributed by atoms with E-state index in [1.807, 2.05) is 0 Å². The summed E-state index contributed by atoms with van der Waals surface area (Å²) in [4.78, 5) is 25.9. The second-order valence-electron chi connectivity index (χ2n) is 8.78. The van der Waals surface area contributed by atoms with Gasteiger partial charge in [-0.05, 0) is 42.5 Å². The first-order valence-corrected chi connectivity index (χ1v) is 11.7. The number of alkyl halides is 3. The Hall–Kier alpha value is -3.70. The van der Waals surface area contributed by atoms with Gasteiger partial charge in [0.2, 0.25) is 0 Å². The van der Waals surface area contributed by atoms with E-state index in [0.717, 1.165) is 18.6 Å². The Morgan fingerprint density at radius 3 is 2.55 bits per heavy atom. The molecule has 0 aliphatic carbocycles. The number of anilines is 1. The minimum Gasteiger partial charge on any atom is -0.491 e. The molecule has 2 atom stereocenters. The maximum Gasteiger partial charge on any atom is 0.416 e. The van der Waals surface area contributed by atoms with Gasteiger partial charge in [-0.25, -0.2) is 8.78 Å². The molecule has 38 heavy (non-hydrogen) atoms. The molecule has 0 aromatic heterocycles. The molecular formula is C26H18ClF5N2O4. The molecule has 198 valence electrons. The number of hydrogen-bond acceptors (Lipinski definition) is 4. The van der Waals surface area contributed by atoms with E-state index in [-0.39, 0.29) is 51.9 Å². The van der Waals surface area contributed by atoms with E-state index in [0.29, 0.717) is 18.7 Å². The molecule has 0 radical (unpaired) electrons. The van der Waals surface area contributed by atoms with Crippen LogP contribution < -0.4 is 15.4 Å². The molecule has 5 rings (SSSR count). The van der Waals surface area contributed by atoms with E-state index in [4.69, 9.17) is 21.1 Å². The highest BCUT2D eigenvalue weighted by atomic mass is 35.5. The van der Waals surface area contributed by atoms with Crippen molar-refractivity contribution in [2.45, 2.75) is 24.7 Å². The van der Waals surface area contributed by atoms with Gasteiger partial charge in [-0.2, -0.15) is 13.2 Å². The Bertz CT molecular complexity index is 1440. The van der Waals surface area contributed by atoms with E-state index >= 15 is 0 Å². The first-order chi connectivity index (χ1) is 18.0. The highest BCUT2D eigenvalue weighted by molar-refractivity contribution is 6.31. The van der Waals surface area contributed by atoms with Crippen LogP contribution in [0, 0.1) is 11.6 Å². The number of fused-ring (bicyclic) bond motifs is 1. The molecule has 1 fully saturated rings. The molecule has 0 bridgehead atoms. The molecule has 2 aliphatic heterocycles. The molecule has 0 saturated carbocycles. The molecule has 2 heterocycles. The Balaban J connectivity index is 1.56. The molecule has 12 heteroatoms. The summed E-state index contributed by atoms with van der Waals surface area (Å²) in [5.41, 5.74) is -1.50. The Morgan fingerprint density at radius 1 is 1.11 bits per heavy atom. The smallest absolute Gasteiger partial charge is 0.416 e. The van der Waals surface area contributed by atoms with Gasteiger partial charge < -0.3 is 20.1 Å². The summed E-state index contributed by atoms with van der Waals surface area (Å²) in [6.07, 6.45) is -4.26. The number of amides is 2. The molecule has 2 N–H and O–H groups in total. The normalized spacial score (nSPS) is 18.4. The number of carbonyl (C=O) groups is 2. The van der Waals surface area contributed by atoms with Crippen molar-refractivity contribution in [1.82, 2.24) is 5.32 Å². The third-order valence-electron chi connectivity index (χ3n) is 6.20. The zero-order valence-electron chi connectivity index (χ0n) is 19.3. The van der Waals surface area contributed by atoms with Crippen LogP contribution >= 0.6 is 11.6 Å². The highest BCUT2D eigenvalue weighted by Crippen LogP contribution is 2.42. The minimum atomic E-state index is -4.88. The maximum absolute atomic E-state index is 14.1. The topological polar surface area (TPSA) is 76.7 Å². The largest absolute Gasteiger partial charge is 0.491 e. The second kappa shape index (κ2) is 9.88. The van der Waals surface area contributed by atoms with Gasteiger partial charge in [-0.3, -0.25) is 9.59 Å². The number of benzene rings is 3. The van der Waals surface area contributed by atoms with Crippen LogP contribution in [0.2, 0.25) is 5.02 Å². The third-order valence-corrected chi connectivity index (χ3v) is 6.54. The standard InChI is InChI=1S/C26H18ClF5N2O4/c27-20-2-1-14(28)8-18(20)23-22-19(25(36)34-23)9-17(38-11-16-3-4-37-16)10-21(22)33-24(35)12-5-13(26(30,31)32)7-15(29)6-12/h1-2,5-10,16,23H,3-4,11H2,(H,33,35)(H,34,36)/t16-,23+/m1/s1. The Labute approximate surface area is 217 Å². The van der Waals surface area contributed by atoms with Gasteiger partial charge in [0.05, 0.1) is 29.0 Å². The van der Waals surface area contributed by atoms with Crippen molar-refractivity contribution in [3.05, 3.63) is 93.0 Å². The third kappa shape index (κ3) is 5.16. The second-order valence-corrected chi connectivity index (χ2v) is 9.18. The van der Waals surface area contributed by atoms with Gasteiger partial charge in [0.1, 0.15) is 24.0 Å². The number of carbonyl (C=O) groups excluding carboxylic acids is 2. The molecule has 3 aromatic carbocycles. The first-order valence-electron chi connectivity index (χ1n) is 11.4. The molecule has 6 nitrogen and oxygen atoms in total. The van der Waals surface area contributed by atoms with E-state index in [1.165, 1.54) is 18.2 Å². The Morgan fingerprint density at radius 2 is 1.87 bits per heavy atom. The molecule has 2 amide bonds. The average molecular weight is 553 g/mol. The van der Waals surface area contributed by atoms with Crippen molar-refractivity contribution in [1.29, 1.82) is 0 Å². The number of rotatable bonds is 6. The zero-order valence-corrected chi connectivity index (χ0v) is 20.1. The lowest BCUT2D eigenvalue weighted by molar-refractivity contribution is -0.137. The van der Waals surface area contributed by atoms with Crippen LogP contribution in [0.25, 0.3) is 0 Å². The van der Waals surface area contributed by atoms with Gasteiger partial charge >= 0.3 is 6.18 Å². The maximum atomic E-state index is 14.1. The quantitative estimate of drug-likeness (QED) is 0.374. The molecule has 1 saturated heterocycles. The van der Waals surface area contributed by atoms with Crippen molar-refractivity contribution in [2.24, 2.45) is 0 Å². The lowest BCUT2D eigenvalue weighted by atomic mass is 9.95. The summed E-state index contributed by atoms with van der Waals surface area (Å²) in [5, 5.41) is 5.27. The predicted molar refractivity (Wildman–Crippen MR) is 126 cm³/mol. The lowest BCUT2D eigenvalue weighted by Gasteiger charge is -2.26. The number of ether oxygens (including phenoxy) is 2. The SMILES string of the molecule is O=C(Nc1cc(OC[C@H]2CCO2)cc2c1[C@H](c1cc(F)ccc1Cl)NC2=O)c1cc(F)cc(C(F)(F)F)c1. The molecular weight excluding hydrogens is 535 g/mol. The van der Waals surface area contributed by atoms with Crippen LogP contribution in [-0.2, 0) is 10.9 Å². The average Bonchev–Trinajstić information content (AvgIpc) is 3.15. The van der Waals surface area contributed by atoms with Crippen LogP contribution in [0.4, 0.5) is 27.6 Å². The number of hydrogen-bond donors (Lipinski definition) is 2. The fraction of sp³-hybridized carbons (Fsp3) is 0.231. The van der Waals surface area contributed by atoms with Gasteiger partial charge in [-0.1, -0.05) is 11.6 Å². The van der Waals surface area contributed by atoms with Gasteiger partial charge in [0.25, 0.3) is 11.8 Å². The van der Waals surface area contributed by atoms with E-state index in [2.05, 4.69) is 10.6 Å². The van der Waals surface area contributed by atoms with Crippen molar-refractivity contribution in [3.8, 4) is 5.75 Å². The van der Waals surface area contributed by atoms with Crippen molar-refractivity contribution in [2.75, 3.05) is 18.5 Å². The zero-order chi connectivity index (χ0) is 27.2. The lowest BCUT2D eigenvalue weighted by Crippen LogP contribution is -2.32. The fourth-order valence-electron chi connectivity index (χ4n) is 4.25. The molecule has 3 aromatic rings. The van der Waals surface area contributed by atoms with E-state index in [9.17, 15) is 31.5 Å². The summed E-state index contributed by atoms with van der Waals surface area (Å²) >= 11 is 6.27. The summed E-state index contributed by atoms with van der Waals surface area (Å²) in [6.45, 7) is 0.747. The summed E-state index contributed by atoms with van der Waals surface area (Å²) in [5.74, 6) is -3.35. The summed E-state index contributed by atoms with van der Waals surface area (Å²) in [6, 6.07) is 6.80. The van der Waals surface area contributed by atoms with Crippen molar-refractivity contribution >= 4 is 29.1 Å². The van der Waals surface area contributed by atoms with Crippen LogP contribution in [0.15, 0.2) is 48.5 Å². The van der Waals surface area contributed by atoms with Crippen LogP contribution in [0.5, 0.6) is 5.75 Å². The predicted octanol–water partition coefficient (Wildman–Crippen LogP) is 5.89. The van der Waals surface area contributed by atoms with E-state index < -0.39 is 46.8 Å². The number of halogens is 6. The van der Waals surface area contributed by atoms with Crippen molar-refractivity contribution < 1.29 is 41.0 Å². The summed E-state index contributed by atoms with van der Waals surface area (Å²) in [7, 11) is 0. The summed E-state index contributed by atoms with van der Waals surface area (Å²) < 4.78 is 78.6. The van der Waals surface area contributed by atoms with Crippen LogP contribution in [0.1, 0.15) is 49.9 Å². The number of nitrogens with one attached hydrogen (secondary N) is 2. The molecule has 2 aliphatic rings. The van der Waals surface area contributed by atoms with Gasteiger partial charge in [-0.15, -0.1) is 0 Å². The van der Waals surface area contributed by atoms with Crippen LogP contribution in [-0.4, -0.2) is 31.1 Å². The van der Waals surface area contributed by atoms with Gasteiger partial charge in [0, 0.05) is 40.8 Å².